The summed E-state index contributed by atoms with van der Waals surface area (Å²) in [4.78, 5) is 28.6. The first-order chi connectivity index (χ1) is 17.6. The predicted molar refractivity (Wildman–Crippen MR) is 148 cm³/mol. The molecule has 1 atom stereocenters. The summed E-state index contributed by atoms with van der Waals surface area (Å²) in [7, 11) is -3.83. The van der Waals surface area contributed by atoms with Crippen molar-refractivity contribution in [1.82, 2.24) is 10.2 Å². The summed E-state index contributed by atoms with van der Waals surface area (Å²) in [6.07, 6.45) is 1.32. The van der Waals surface area contributed by atoms with Gasteiger partial charge in [-0.25, -0.2) is 8.42 Å². The molecular weight excluding hydrogens is 510 g/mol. The molecule has 2 amide bonds. The summed E-state index contributed by atoms with van der Waals surface area (Å²) in [6, 6.07) is 22.6. The van der Waals surface area contributed by atoms with Crippen molar-refractivity contribution in [1.29, 1.82) is 0 Å². The number of carbonyl (C=O) groups is 2. The summed E-state index contributed by atoms with van der Waals surface area (Å²) in [6.45, 7) is 3.84. The zero-order chi connectivity index (χ0) is 27.0. The Bertz CT molecular complexity index is 1310. The molecule has 0 radical (unpaired) electrons. The standard InChI is InChI=1S/C28H32ClN3O4S/c1-4-30-28(34)26(17-22-9-6-5-7-10-22)31(19-23-15-13-21(2)14-16-23)27(33)20-32(37(3,35)36)25-12-8-11-24(29)18-25/h5-16,18,26H,4,17,19-20H2,1-3H3,(H,30,34)/t26-/m0/s1. The zero-order valence-corrected chi connectivity index (χ0v) is 22.8. The summed E-state index contributed by atoms with van der Waals surface area (Å²) >= 11 is 6.11. The highest BCUT2D eigenvalue weighted by molar-refractivity contribution is 7.92. The second-order valence-corrected chi connectivity index (χ2v) is 11.2. The Morgan fingerprint density at radius 3 is 2.22 bits per heavy atom. The van der Waals surface area contributed by atoms with Crippen LogP contribution in [0, 0.1) is 6.92 Å². The van der Waals surface area contributed by atoms with Crippen molar-refractivity contribution in [3.05, 3.63) is 101 Å². The van der Waals surface area contributed by atoms with E-state index < -0.39 is 28.5 Å². The topological polar surface area (TPSA) is 86.8 Å². The number of hydrogen-bond acceptors (Lipinski definition) is 4. The normalized spacial score (nSPS) is 12.0. The van der Waals surface area contributed by atoms with E-state index in [0.29, 0.717) is 11.6 Å². The number of amides is 2. The molecule has 0 aliphatic heterocycles. The van der Waals surface area contributed by atoms with Crippen LogP contribution in [0.1, 0.15) is 23.6 Å². The number of anilines is 1. The number of benzene rings is 3. The highest BCUT2D eigenvalue weighted by Gasteiger charge is 2.32. The van der Waals surface area contributed by atoms with Gasteiger partial charge in [0.1, 0.15) is 12.6 Å². The molecule has 0 aliphatic rings. The summed E-state index contributed by atoms with van der Waals surface area (Å²) < 4.78 is 26.5. The number of likely N-dealkylation sites (N-methyl/N-ethyl adjacent to an activating group) is 1. The number of sulfonamides is 1. The van der Waals surface area contributed by atoms with Gasteiger partial charge in [0.05, 0.1) is 11.9 Å². The smallest absolute Gasteiger partial charge is 0.244 e. The lowest BCUT2D eigenvalue weighted by molar-refractivity contribution is -0.140. The van der Waals surface area contributed by atoms with E-state index in [1.165, 1.54) is 11.0 Å². The average molecular weight is 542 g/mol. The lowest BCUT2D eigenvalue weighted by Crippen LogP contribution is -2.53. The molecular formula is C28H32ClN3O4S. The van der Waals surface area contributed by atoms with E-state index in [-0.39, 0.29) is 24.6 Å². The highest BCUT2D eigenvalue weighted by Crippen LogP contribution is 2.23. The van der Waals surface area contributed by atoms with Crippen LogP contribution in [0.3, 0.4) is 0 Å². The number of aryl methyl sites for hydroxylation is 1. The van der Waals surface area contributed by atoms with Crippen molar-refractivity contribution in [2.75, 3.05) is 23.7 Å². The fraction of sp³-hybridized carbons (Fsp3) is 0.286. The fourth-order valence-corrected chi connectivity index (χ4v) is 5.01. The van der Waals surface area contributed by atoms with Crippen molar-refractivity contribution in [2.24, 2.45) is 0 Å². The maximum atomic E-state index is 13.9. The van der Waals surface area contributed by atoms with Crippen LogP contribution < -0.4 is 9.62 Å². The molecule has 0 aliphatic carbocycles. The molecule has 3 rings (SSSR count). The van der Waals surface area contributed by atoms with Crippen LogP contribution in [0.5, 0.6) is 0 Å². The van der Waals surface area contributed by atoms with Gasteiger partial charge in [-0.1, -0.05) is 77.8 Å². The fourth-order valence-electron chi connectivity index (χ4n) is 3.98. The number of carbonyl (C=O) groups excluding carboxylic acids is 2. The summed E-state index contributed by atoms with van der Waals surface area (Å²) in [5.41, 5.74) is 3.05. The predicted octanol–water partition coefficient (Wildman–Crippen LogP) is 4.19. The molecule has 37 heavy (non-hydrogen) atoms. The lowest BCUT2D eigenvalue weighted by atomic mass is 10.0. The first-order valence-corrected chi connectivity index (χ1v) is 14.2. The second kappa shape index (κ2) is 12.7. The average Bonchev–Trinajstić information content (AvgIpc) is 2.85. The van der Waals surface area contributed by atoms with E-state index in [9.17, 15) is 18.0 Å². The molecule has 3 aromatic rings. The molecule has 0 aromatic heterocycles. The van der Waals surface area contributed by atoms with Crippen LogP contribution in [0.15, 0.2) is 78.9 Å². The minimum Gasteiger partial charge on any atom is -0.355 e. The van der Waals surface area contributed by atoms with E-state index in [1.54, 1.807) is 18.2 Å². The van der Waals surface area contributed by atoms with Crippen LogP contribution >= 0.6 is 11.6 Å². The van der Waals surface area contributed by atoms with Gasteiger partial charge in [0.15, 0.2) is 0 Å². The first-order valence-electron chi connectivity index (χ1n) is 12.0. The zero-order valence-electron chi connectivity index (χ0n) is 21.2. The molecule has 196 valence electrons. The number of nitrogens with one attached hydrogen (secondary N) is 1. The molecule has 0 saturated carbocycles. The van der Waals surface area contributed by atoms with Crippen molar-refractivity contribution >= 4 is 39.1 Å². The van der Waals surface area contributed by atoms with E-state index in [1.807, 2.05) is 68.4 Å². The van der Waals surface area contributed by atoms with Gasteiger partial charge in [0.25, 0.3) is 0 Å². The third kappa shape index (κ3) is 8.06. The molecule has 0 heterocycles. The Balaban J connectivity index is 2.03. The monoisotopic (exact) mass is 541 g/mol. The molecule has 0 saturated heterocycles. The van der Waals surface area contributed by atoms with E-state index >= 15 is 0 Å². The van der Waals surface area contributed by atoms with Crippen molar-refractivity contribution in [3.8, 4) is 0 Å². The highest BCUT2D eigenvalue weighted by atomic mass is 35.5. The molecule has 0 bridgehead atoms. The second-order valence-electron chi connectivity index (χ2n) is 8.86. The summed E-state index contributed by atoms with van der Waals surface area (Å²) in [5, 5.41) is 3.18. The Morgan fingerprint density at radius 1 is 0.946 bits per heavy atom. The van der Waals surface area contributed by atoms with Crippen LogP contribution in [-0.4, -0.2) is 50.5 Å². The molecule has 0 unspecified atom stereocenters. The molecule has 3 aromatic carbocycles. The van der Waals surface area contributed by atoms with Crippen LogP contribution in [0.2, 0.25) is 5.02 Å². The molecule has 0 fully saturated rings. The van der Waals surface area contributed by atoms with E-state index in [2.05, 4.69) is 5.32 Å². The van der Waals surface area contributed by atoms with E-state index in [4.69, 9.17) is 11.6 Å². The van der Waals surface area contributed by atoms with Crippen molar-refractivity contribution in [3.63, 3.8) is 0 Å². The molecule has 7 nitrogen and oxygen atoms in total. The lowest BCUT2D eigenvalue weighted by Gasteiger charge is -2.33. The first kappa shape index (κ1) is 28.2. The third-order valence-electron chi connectivity index (χ3n) is 5.87. The van der Waals surface area contributed by atoms with Gasteiger partial charge < -0.3 is 10.2 Å². The van der Waals surface area contributed by atoms with Gasteiger partial charge in [-0.3, -0.25) is 13.9 Å². The Hall–Kier alpha value is -3.36. The molecule has 9 heteroatoms. The molecule has 1 N–H and O–H groups in total. The third-order valence-corrected chi connectivity index (χ3v) is 7.25. The number of halogens is 1. The van der Waals surface area contributed by atoms with Crippen LogP contribution in [0.25, 0.3) is 0 Å². The van der Waals surface area contributed by atoms with E-state index in [0.717, 1.165) is 27.3 Å². The SMILES string of the molecule is CCNC(=O)[C@H](Cc1ccccc1)N(Cc1ccc(C)cc1)C(=O)CN(c1cccc(Cl)c1)S(C)(=O)=O. The number of nitrogens with zero attached hydrogens (tertiary/aromatic N) is 2. The van der Waals surface area contributed by atoms with Gasteiger partial charge >= 0.3 is 0 Å². The maximum absolute atomic E-state index is 13.9. The Morgan fingerprint density at radius 2 is 1.62 bits per heavy atom. The number of rotatable bonds is 11. The minimum atomic E-state index is -3.83. The molecule has 0 spiro atoms. The van der Waals surface area contributed by atoms with Crippen molar-refractivity contribution < 1.29 is 18.0 Å². The van der Waals surface area contributed by atoms with Crippen molar-refractivity contribution in [2.45, 2.75) is 32.9 Å². The largest absolute Gasteiger partial charge is 0.355 e. The quantitative estimate of drug-likeness (QED) is 0.394. The van der Waals surface area contributed by atoms with Gasteiger partial charge in [-0.2, -0.15) is 0 Å². The van der Waals surface area contributed by atoms with Gasteiger partial charge in [0.2, 0.25) is 21.8 Å². The Labute approximate surface area is 224 Å². The number of hydrogen-bond donors (Lipinski definition) is 1. The van der Waals surface area contributed by atoms with Crippen LogP contribution in [-0.2, 0) is 32.6 Å². The maximum Gasteiger partial charge on any atom is 0.244 e. The van der Waals surface area contributed by atoms with Crippen LogP contribution in [0.4, 0.5) is 5.69 Å². The van der Waals surface area contributed by atoms with Gasteiger partial charge in [0, 0.05) is 24.5 Å². The minimum absolute atomic E-state index is 0.140. The Kier molecular flexibility index (Phi) is 9.72. The van der Waals surface area contributed by atoms with Gasteiger partial charge in [-0.15, -0.1) is 0 Å². The van der Waals surface area contributed by atoms with Gasteiger partial charge in [-0.05, 0) is 43.2 Å². The summed E-state index contributed by atoms with van der Waals surface area (Å²) in [5.74, 6) is -0.807.